The first-order valence-electron chi connectivity index (χ1n) is 7.83. The van der Waals surface area contributed by atoms with E-state index in [4.69, 9.17) is 9.79 Å². The van der Waals surface area contributed by atoms with Crippen molar-refractivity contribution in [2.75, 3.05) is 25.8 Å². The van der Waals surface area contributed by atoms with Crippen molar-refractivity contribution in [3.05, 3.63) is 23.3 Å². The van der Waals surface area contributed by atoms with Crippen molar-refractivity contribution in [2.24, 2.45) is 0 Å². The molecule has 0 saturated carbocycles. The number of nitrogens with one attached hydrogen (secondary N) is 1. The topological polar surface area (TPSA) is 110 Å². The van der Waals surface area contributed by atoms with Crippen LogP contribution in [0.2, 0.25) is 0 Å². The minimum absolute atomic E-state index is 0.361. The molecule has 0 spiro atoms. The van der Waals surface area contributed by atoms with Gasteiger partial charge in [-0.05, 0) is 33.6 Å². The van der Waals surface area contributed by atoms with E-state index in [1.165, 1.54) is 11.1 Å². The van der Waals surface area contributed by atoms with E-state index in [0.29, 0.717) is 0 Å². The molecule has 9 heteroatoms. The van der Waals surface area contributed by atoms with Gasteiger partial charge in [0.1, 0.15) is 5.90 Å². The van der Waals surface area contributed by atoms with Gasteiger partial charge in [0.15, 0.2) is 6.29 Å². The molecule has 0 aromatic carbocycles. The fraction of sp³-hybridized carbons (Fsp3) is 0.667. The van der Waals surface area contributed by atoms with Crippen molar-refractivity contribution in [1.29, 1.82) is 0 Å². The van der Waals surface area contributed by atoms with Crippen molar-refractivity contribution in [2.45, 2.75) is 40.0 Å². The third-order valence-electron chi connectivity index (χ3n) is 3.12. The van der Waals surface area contributed by atoms with Crippen LogP contribution >= 0.6 is 15.0 Å². The summed E-state index contributed by atoms with van der Waals surface area (Å²) in [6.07, 6.45) is 8.51. The van der Waals surface area contributed by atoms with Crippen LogP contribution in [-0.2, 0) is 9.13 Å². The van der Waals surface area contributed by atoms with E-state index in [0.717, 1.165) is 25.8 Å². The van der Waals surface area contributed by atoms with Gasteiger partial charge in [0, 0.05) is 6.42 Å². The first kappa shape index (κ1) is 23.3. The summed E-state index contributed by atoms with van der Waals surface area (Å²) >= 11 is 0. The van der Waals surface area contributed by atoms with Crippen LogP contribution in [0.1, 0.15) is 40.0 Å². The van der Waals surface area contributed by atoms with Crippen LogP contribution in [0, 0.1) is 0 Å². The monoisotopic (exact) mass is 381 g/mol. The Bertz CT molecular complexity index is 574. The Morgan fingerprint density at radius 3 is 2.25 bits per heavy atom. The second-order valence-corrected chi connectivity index (χ2v) is 10.8. The van der Waals surface area contributed by atoms with Gasteiger partial charge in [-0.25, -0.2) is 0 Å². The molecule has 0 amide bonds. The van der Waals surface area contributed by atoms with E-state index in [2.05, 4.69) is 38.2 Å². The van der Waals surface area contributed by atoms with E-state index in [1.807, 2.05) is 11.6 Å². The second-order valence-electron chi connectivity index (χ2n) is 6.28. The standard InChI is InChI=1S/C15H30N2O5P2/c1-14(2)7-5-8-15(3)9-6-10-17(4)11-16-12-23(18,19)13-24(20,21)22/h7,9,11H,5-6,8,10,12-13H2,1-4H3,(H3,18,19,20,21,22)/p+1/b15-9+. The quantitative estimate of drug-likeness (QED) is 0.144. The van der Waals surface area contributed by atoms with Gasteiger partial charge < -0.3 is 14.7 Å². The molecule has 0 aromatic heterocycles. The molecule has 7 nitrogen and oxygen atoms in total. The minimum atomic E-state index is -4.49. The largest absolute Gasteiger partial charge is 0.341 e. The highest BCUT2D eigenvalue weighted by Gasteiger charge is 2.30. The minimum Gasteiger partial charge on any atom is -0.341 e. The van der Waals surface area contributed by atoms with Crippen LogP contribution in [0.5, 0.6) is 0 Å². The number of hydrogen-bond donors (Lipinski definition) is 4. The van der Waals surface area contributed by atoms with Crippen LogP contribution in [0.3, 0.4) is 0 Å². The Labute approximate surface area is 144 Å². The Morgan fingerprint density at radius 2 is 1.71 bits per heavy atom. The maximum Gasteiger partial charge on any atom is 0.335 e. The van der Waals surface area contributed by atoms with Crippen LogP contribution in [0.25, 0.3) is 0 Å². The highest BCUT2D eigenvalue weighted by Crippen LogP contribution is 2.53. The zero-order chi connectivity index (χ0) is 18.8. The van der Waals surface area contributed by atoms with Gasteiger partial charge in [-0.1, -0.05) is 23.3 Å². The van der Waals surface area contributed by atoms with Gasteiger partial charge in [0.25, 0.3) is 7.37 Å². The van der Waals surface area contributed by atoms with Crippen molar-refractivity contribution in [3.63, 3.8) is 0 Å². The molecule has 0 heterocycles. The summed E-state index contributed by atoms with van der Waals surface area (Å²) in [6.45, 7) is 7.01. The van der Waals surface area contributed by atoms with Crippen molar-refractivity contribution < 1.29 is 28.4 Å². The Morgan fingerprint density at radius 1 is 1.08 bits per heavy atom. The molecule has 0 radical (unpaired) electrons. The molecule has 140 valence electrons. The Hall–Kier alpha value is -0.710. The lowest BCUT2D eigenvalue weighted by molar-refractivity contribution is -0.493. The summed E-state index contributed by atoms with van der Waals surface area (Å²) in [5, 5.41) is 2.65. The van der Waals surface area contributed by atoms with Crippen molar-refractivity contribution in [3.8, 4) is 0 Å². The summed E-state index contributed by atoms with van der Waals surface area (Å²) in [6, 6.07) is 0. The first-order valence-corrected chi connectivity index (χ1v) is 11.7. The summed E-state index contributed by atoms with van der Waals surface area (Å²) < 4.78 is 24.2. The zero-order valence-corrected chi connectivity index (χ0v) is 16.8. The lowest BCUT2D eigenvalue weighted by Gasteiger charge is -2.09. The maximum absolute atomic E-state index is 11.6. The Balaban J connectivity index is 4.18. The molecule has 0 aliphatic rings. The van der Waals surface area contributed by atoms with Gasteiger partial charge in [-0.15, -0.1) is 0 Å². The molecule has 0 aliphatic carbocycles. The average Bonchev–Trinajstić information content (AvgIpc) is 2.34. The summed E-state index contributed by atoms with van der Waals surface area (Å²) in [5.74, 6) is -1.00. The predicted molar refractivity (Wildman–Crippen MR) is 98.9 cm³/mol. The number of nitrogens with zero attached hydrogens (tertiary/aromatic N) is 1. The van der Waals surface area contributed by atoms with Crippen molar-refractivity contribution >= 4 is 21.3 Å². The van der Waals surface area contributed by atoms with Crippen LogP contribution < -0.4 is 5.32 Å². The molecule has 24 heavy (non-hydrogen) atoms. The molecule has 0 bridgehead atoms. The third-order valence-corrected chi connectivity index (χ3v) is 7.04. The Kier molecular flexibility index (Phi) is 10.7. The van der Waals surface area contributed by atoms with E-state index in [9.17, 15) is 14.0 Å². The maximum atomic E-state index is 11.6. The van der Waals surface area contributed by atoms with Crippen LogP contribution in [0.15, 0.2) is 23.3 Å². The van der Waals surface area contributed by atoms with E-state index < -0.39 is 20.9 Å². The summed E-state index contributed by atoms with van der Waals surface area (Å²) in [5.41, 5.74) is 2.65. The van der Waals surface area contributed by atoms with Gasteiger partial charge in [-0.2, -0.15) is 0 Å². The normalized spacial score (nSPS) is 15.8. The van der Waals surface area contributed by atoms with Crippen LogP contribution in [0.4, 0.5) is 0 Å². The van der Waals surface area contributed by atoms with Gasteiger partial charge in [-0.3, -0.25) is 19.0 Å². The molecule has 0 aliphatic heterocycles. The molecule has 1 atom stereocenters. The predicted octanol–water partition coefficient (Wildman–Crippen LogP) is 2.69. The summed E-state index contributed by atoms with van der Waals surface area (Å²) in [7, 11) is -6.55. The second kappa shape index (κ2) is 11.0. The molecular weight excluding hydrogens is 350 g/mol. The first-order chi connectivity index (χ1) is 10.9. The van der Waals surface area contributed by atoms with E-state index in [-0.39, 0.29) is 6.29 Å². The third kappa shape index (κ3) is 14.9. The molecule has 0 fully saturated rings. The highest BCUT2D eigenvalue weighted by molar-refractivity contribution is 7.72. The fourth-order valence-corrected chi connectivity index (χ4v) is 5.02. The lowest BCUT2D eigenvalue weighted by Crippen LogP contribution is -2.22. The fourth-order valence-electron chi connectivity index (χ4n) is 1.95. The number of rotatable bonds is 11. The highest BCUT2D eigenvalue weighted by atomic mass is 31.2. The molecule has 0 saturated heterocycles. The number of allylic oxidation sites excluding steroid dienone is 3. The molecule has 1 unspecified atom stereocenters. The smallest absolute Gasteiger partial charge is 0.335 e. The van der Waals surface area contributed by atoms with Gasteiger partial charge in [0.2, 0.25) is 6.34 Å². The van der Waals surface area contributed by atoms with E-state index >= 15 is 0 Å². The SMILES string of the molecule is CC(C)=CCC/C(C)=C/CC[N+](C)=CNCP(=O)(O)CP(=O)(O)O. The number of hydrogen-bond acceptors (Lipinski definition) is 2. The van der Waals surface area contributed by atoms with Crippen LogP contribution in [-0.4, -0.2) is 51.4 Å². The molecule has 0 rings (SSSR count). The molecular formula is C15H31N2O5P2+. The van der Waals surface area contributed by atoms with Gasteiger partial charge in [0.05, 0.1) is 13.6 Å². The van der Waals surface area contributed by atoms with Gasteiger partial charge >= 0.3 is 7.60 Å². The molecule has 0 aromatic rings. The summed E-state index contributed by atoms with van der Waals surface area (Å²) in [4.78, 5) is 27.0. The zero-order valence-electron chi connectivity index (χ0n) is 15.0. The van der Waals surface area contributed by atoms with Crippen molar-refractivity contribution in [1.82, 2.24) is 5.32 Å². The average molecular weight is 381 g/mol. The lowest BCUT2D eigenvalue weighted by atomic mass is 10.1. The molecule has 4 N–H and O–H groups in total. The van der Waals surface area contributed by atoms with E-state index in [1.54, 1.807) is 6.34 Å².